The van der Waals surface area contributed by atoms with Crippen LogP contribution in [0.15, 0.2) is 10.7 Å². The highest BCUT2D eigenvalue weighted by Crippen LogP contribution is 2.28. The number of esters is 1. The van der Waals surface area contributed by atoms with Crippen molar-refractivity contribution in [1.29, 1.82) is 0 Å². The van der Waals surface area contributed by atoms with Crippen LogP contribution in [0.3, 0.4) is 0 Å². The highest BCUT2D eigenvalue weighted by atomic mass is 79.9. The smallest absolute Gasteiger partial charge is 0.311 e. The first kappa shape index (κ1) is 13.8. The van der Waals surface area contributed by atoms with Crippen LogP contribution in [0.1, 0.15) is 24.6 Å². The van der Waals surface area contributed by atoms with E-state index >= 15 is 0 Å². The van der Waals surface area contributed by atoms with Crippen molar-refractivity contribution in [1.82, 2.24) is 4.98 Å². The lowest BCUT2D eigenvalue weighted by Gasteiger charge is -2.09. The van der Waals surface area contributed by atoms with E-state index in [1.807, 2.05) is 0 Å². The number of nitrogen functional groups attached to an aromatic ring is 1. The maximum atomic E-state index is 12.7. The fraction of sp³-hybridized carbons (Fsp3) is 0.400. The number of rotatable bonds is 4. The number of alkyl halides is 2. The molecule has 0 saturated heterocycles. The third kappa shape index (κ3) is 3.62. The van der Waals surface area contributed by atoms with E-state index in [0.29, 0.717) is 0 Å². The predicted octanol–water partition coefficient (Wildman–Crippen LogP) is 2.47. The lowest BCUT2D eigenvalue weighted by atomic mass is 10.1. The van der Waals surface area contributed by atoms with Gasteiger partial charge in [0.25, 0.3) is 6.43 Å². The normalized spacial score (nSPS) is 10.6. The fourth-order valence-corrected chi connectivity index (χ4v) is 1.57. The molecule has 2 N–H and O–H groups in total. The Balaban J connectivity index is 3.04. The highest BCUT2D eigenvalue weighted by Gasteiger charge is 2.19. The maximum absolute atomic E-state index is 12.7. The van der Waals surface area contributed by atoms with Crippen LogP contribution in [-0.2, 0) is 16.0 Å². The number of nitrogens with zero attached hydrogens (tertiary/aromatic N) is 1. The van der Waals surface area contributed by atoms with Gasteiger partial charge in [0.2, 0.25) is 0 Å². The predicted molar refractivity (Wildman–Crippen MR) is 61.6 cm³/mol. The molecule has 94 valence electrons. The van der Waals surface area contributed by atoms with E-state index in [1.165, 1.54) is 0 Å². The van der Waals surface area contributed by atoms with Gasteiger partial charge in [0.05, 0.1) is 24.4 Å². The lowest BCUT2D eigenvalue weighted by Crippen LogP contribution is -2.12. The SMILES string of the molecule is CCOC(=O)Cc1nc(Br)c(N)cc1C(F)F. The second-order valence-electron chi connectivity index (χ2n) is 3.19. The topological polar surface area (TPSA) is 65.2 Å². The van der Waals surface area contributed by atoms with Crippen molar-refractivity contribution in [2.24, 2.45) is 0 Å². The summed E-state index contributed by atoms with van der Waals surface area (Å²) < 4.78 is 30.3. The zero-order chi connectivity index (χ0) is 13.0. The number of hydrogen-bond donors (Lipinski definition) is 1. The number of hydrogen-bond acceptors (Lipinski definition) is 4. The van der Waals surface area contributed by atoms with Crippen LogP contribution in [0.5, 0.6) is 0 Å². The summed E-state index contributed by atoms with van der Waals surface area (Å²) in [5, 5.41) is 0. The van der Waals surface area contributed by atoms with Crippen LogP contribution in [-0.4, -0.2) is 17.6 Å². The van der Waals surface area contributed by atoms with Gasteiger partial charge >= 0.3 is 5.97 Å². The van der Waals surface area contributed by atoms with Crippen molar-refractivity contribution in [2.45, 2.75) is 19.8 Å². The van der Waals surface area contributed by atoms with Gasteiger partial charge in [-0.15, -0.1) is 0 Å². The molecule has 7 heteroatoms. The summed E-state index contributed by atoms with van der Waals surface area (Å²) in [4.78, 5) is 15.1. The average Bonchev–Trinajstić information content (AvgIpc) is 2.23. The molecule has 0 radical (unpaired) electrons. The minimum absolute atomic E-state index is 0.0282. The largest absolute Gasteiger partial charge is 0.466 e. The molecule has 0 fully saturated rings. The van der Waals surface area contributed by atoms with Crippen molar-refractivity contribution < 1.29 is 18.3 Å². The van der Waals surface area contributed by atoms with Gasteiger partial charge in [0, 0.05) is 5.56 Å². The molecule has 1 heterocycles. The Morgan fingerprint density at radius 3 is 2.82 bits per heavy atom. The van der Waals surface area contributed by atoms with Crippen molar-refractivity contribution in [3.63, 3.8) is 0 Å². The van der Waals surface area contributed by atoms with Crippen LogP contribution in [0.2, 0.25) is 0 Å². The van der Waals surface area contributed by atoms with Gasteiger partial charge in [-0.3, -0.25) is 4.79 Å². The molecule has 0 aliphatic carbocycles. The molecule has 0 atom stereocenters. The monoisotopic (exact) mass is 308 g/mol. The maximum Gasteiger partial charge on any atom is 0.311 e. The van der Waals surface area contributed by atoms with Gasteiger partial charge in [-0.1, -0.05) is 0 Å². The van der Waals surface area contributed by atoms with Crippen LogP contribution in [0.25, 0.3) is 0 Å². The Labute approximate surface area is 105 Å². The minimum Gasteiger partial charge on any atom is -0.466 e. The first-order valence-electron chi connectivity index (χ1n) is 4.84. The Kier molecular flexibility index (Phi) is 4.80. The third-order valence-corrected chi connectivity index (χ3v) is 2.60. The Morgan fingerprint density at radius 1 is 1.65 bits per heavy atom. The Hall–Kier alpha value is -1.24. The molecule has 0 saturated carbocycles. The van der Waals surface area contributed by atoms with Crippen molar-refractivity contribution in [3.8, 4) is 0 Å². The zero-order valence-corrected chi connectivity index (χ0v) is 10.6. The van der Waals surface area contributed by atoms with Crippen LogP contribution in [0, 0.1) is 0 Å². The molecule has 17 heavy (non-hydrogen) atoms. The summed E-state index contributed by atoms with van der Waals surface area (Å²) in [7, 11) is 0. The molecule has 0 spiro atoms. The van der Waals surface area contributed by atoms with Crippen LogP contribution in [0.4, 0.5) is 14.5 Å². The molecule has 4 nitrogen and oxygen atoms in total. The van der Waals surface area contributed by atoms with E-state index in [1.54, 1.807) is 6.92 Å². The summed E-state index contributed by atoms with van der Waals surface area (Å²) in [6.07, 6.45) is -3.03. The molecule has 1 aromatic heterocycles. The van der Waals surface area contributed by atoms with E-state index in [4.69, 9.17) is 5.73 Å². The second-order valence-corrected chi connectivity index (χ2v) is 3.94. The highest BCUT2D eigenvalue weighted by molar-refractivity contribution is 9.10. The molecule has 0 aliphatic rings. The third-order valence-electron chi connectivity index (χ3n) is 1.97. The zero-order valence-electron chi connectivity index (χ0n) is 9.04. The van der Waals surface area contributed by atoms with Crippen LogP contribution >= 0.6 is 15.9 Å². The molecule has 1 rings (SSSR count). The molecule has 0 bridgehead atoms. The molecule has 0 aromatic carbocycles. The Bertz CT molecular complexity index is 427. The average molecular weight is 309 g/mol. The van der Waals surface area contributed by atoms with Crippen molar-refractivity contribution in [3.05, 3.63) is 21.9 Å². The number of aromatic nitrogens is 1. The molecular formula is C10H11BrF2N2O2. The van der Waals surface area contributed by atoms with E-state index in [0.717, 1.165) is 6.07 Å². The van der Waals surface area contributed by atoms with E-state index in [-0.39, 0.29) is 34.6 Å². The number of anilines is 1. The standard InChI is InChI=1S/C10H11BrF2N2O2/c1-2-17-8(16)4-7-5(10(12)13)3-6(14)9(11)15-7/h3,10H,2,4,14H2,1H3. The molecule has 0 amide bonds. The number of halogens is 3. The van der Waals surface area contributed by atoms with Gasteiger partial charge in [-0.25, -0.2) is 13.8 Å². The molecule has 0 unspecified atom stereocenters. The van der Waals surface area contributed by atoms with Gasteiger partial charge in [0.15, 0.2) is 0 Å². The van der Waals surface area contributed by atoms with E-state index in [9.17, 15) is 13.6 Å². The lowest BCUT2D eigenvalue weighted by molar-refractivity contribution is -0.142. The van der Waals surface area contributed by atoms with Gasteiger partial charge in [-0.2, -0.15) is 0 Å². The van der Waals surface area contributed by atoms with Gasteiger partial charge < -0.3 is 10.5 Å². The fourth-order valence-electron chi connectivity index (χ4n) is 1.24. The van der Waals surface area contributed by atoms with Crippen LogP contribution < -0.4 is 5.73 Å². The number of carbonyl (C=O) groups is 1. The summed E-state index contributed by atoms with van der Waals surface area (Å²) in [5.74, 6) is -0.599. The quantitative estimate of drug-likeness (QED) is 0.685. The summed E-state index contributed by atoms with van der Waals surface area (Å²) in [5.41, 5.74) is 5.19. The molecule has 0 aliphatic heterocycles. The Morgan fingerprint density at radius 2 is 2.29 bits per heavy atom. The minimum atomic E-state index is -2.73. The van der Waals surface area contributed by atoms with Crippen molar-refractivity contribution in [2.75, 3.05) is 12.3 Å². The first-order chi connectivity index (χ1) is 7.95. The summed E-state index contributed by atoms with van der Waals surface area (Å²) in [6.45, 7) is 1.83. The van der Waals surface area contributed by atoms with E-state index in [2.05, 4.69) is 25.7 Å². The summed E-state index contributed by atoms with van der Waals surface area (Å²) in [6, 6.07) is 1.11. The molecular weight excluding hydrogens is 298 g/mol. The van der Waals surface area contributed by atoms with Crippen molar-refractivity contribution >= 4 is 27.6 Å². The number of ether oxygens (including phenoxy) is 1. The number of pyridine rings is 1. The summed E-state index contributed by atoms with van der Waals surface area (Å²) >= 11 is 3.03. The first-order valence-corrected chi connectivity index (χ1v) is 5.63. The van der Waals surface area contributed by atoms with Gasteiger partial charge in [0.1, 0.15) is 4.60 Å². The number of nitrogens with two attached hydrogens (primary N) is 1. The number of carbonyl (C=O) groups excluding carboxylic acids is 1. The second kappa shape index (κ2) is 5.90. The van der Waals surface area contributed by atoms with E-state index < -0.39 is 12.4 Å². The molecule has 1 aromatic rings. The van der Waals surface area contributed by atoms with Gasteiger partial charge in [-0.05, 0) is 28.9 Å².